The molecule has 2 aliphatic carbocycles. The lowest BCUT2D eigenvalue weighted by Gasteiger charge is -2.53. The Balaban J connectivity index is 1.25. The van der Waals surface area contributed by atoms with E-state index >= 15 is 0 Å². The third-order valence-corrected chi connectivity index (χ3v) is 10.2. The van der Waals surface area contributed by atoms with Crippen LogP contribution in [0.4, 0.5) is 0 Å². The molecule has 2 saturated heterocycles. The summed E-state index contributed by atoms with van der Waals surface area (Å²) in [5, 5.41) is 12.2. The number of aliphatic hydroxyl groups is 1. The van der Waals surface area contributed by atoms with Crippen molar-refractivity contribution in [2.75, 3.05) is 33.3 Å². The molecule has 5 rings (SSSR count). The van der Waals surface area contributed by atoms with Gasteiger partial charge in [-0.15, -0.1) is 0 Å². The minimum absolute atomic E-state index is 0.0523. The summed E-state index contributed by atoms with van der Waals surface area (Å²) in [4.78, 5) is 30.6. The smallest absolute Gasteiger partial charge is 0.225 e. The second-order valence-corrected chi connectivity index (χ2v) is 12.6. The van der Waals surface area contributed by atoms with Crippen LogP contribution in [0.3, 0.4) is 0 Å². The molecule has 37 heavy (non-hydrogen) atoms. The Morgan fingerprint density at radius 1 is 1.14 bits per heavy atom. The van der Waals surface area contributed by atoms with Crippen LogP contribution in [-0.4, -0.2) is 65.6 Å². The van der Waals surface area contributed by atoms with Crippen molar-refractivity contribution in [3.05, 3.63) is 29.8 Å². The fourth-order valence-corrected chi connectivity index (χ4v) is 7.98. The lowest BCUT2D eigenvalue weighted by atomic mass is 9.65. The standard InChI is InChI=1S/C31H46N2O4/c1-23(17-24-9-4-3-5-10-24)29(35)32-16-15-31(36,30(21-32)13-6-7-14-30)22-33-20-26(19-28(33)34)25-11-8-12-27(18-25)37-2/h8,11-12,18,23-24,26,36H,3-7,9-10,13-17,19-22H2,1-2H3/t23-,26-,31-/m1/s1. The Labute approximate surface area is 222 Å². The fourth-order valence-electron chi connectivity index (χ4n) is 7.98. The summed E-state index contributed by atoms with van der Waals surface area (Å²) >= 11 is 0. The maximum absolute atomic E-state index is 13.5. The highest BCUT2D eigenvalue weighted by Crippen LogP contribution is 2.52. The Bertz CT molecular complexity index is 968. The first-order valence-electron chi connectivity index (χ1n) is 14.8. The van der Waals surface area contributed by atoms with Gasteiger partial charge >= 0.3 is 0 Å². The number of piperidine rings is 1. The highest BCUT2D eigenvalue weighted by molar-refractivity contribution is 5.80. The van der Waals surface area contributed by atoms with E-state index in [0.29, 0.717) is 44.9 Å². The van der Waals surface area contributed by atoms with E-state index in [0.717, 1.165) is 43.4 Å². The van der Waals surface area contributed by atoms with Crippen molar-refractivity contribution in [2.45, 2.75) is 95.5 Å². The quantitative estimate of drug-likeness (QED) is 0.551. The SMILES string of the molecule is COc1cccc([C@@H]2CC(=O)N(C[C@]3(O)CCN(C(=O)[C@H](C)CC4CCCCC4)CC34CCCC4)C2)c1. The van der Waals surface area contributed by atoms with Crippen LogP contribution in [0.2, 0.25) is 0 Å². The molecule has 0 bridgehead atoms. The molecule has 1 aromatic carbocycles. The van der Waals surface area contributed by atoms with Gasteiger partial charge in [-0.1, -0.05) is 64.0 Å². The zero-order valence-corrected chi connectivity index (χ0v) is 22.9. The molecule has 0 unspecified atom stereocenters. The van der Waals surface area contributed by atoms with Crippen LogP contribution in [0.25, 0.3) is 0 Å². The molecule has 2 aliphatic heterocycles. The van der Waals surface area contributed by atoms with Gasteiger partial charge in [-0.25, -0.2) is 0 Å². The molecule has 6 heteroatoms. The number of hydrogen-bond acceptors (Lipinski definition) is 4. The van der Waals surface area contributed by atoms with Gasteiger partial charge in [0.05, 0.1) is 19.3 Å². The number of carbonyl (C=O) groups excluding carboxylic acids is 2. The second kappa shape index (κ2) is 11.0. The van der Waals surface area contributed by atoms with Gasteiger partial charge in [0.2, 0.25) is 11.8 Å². The Morgan fingerprint density at radius 2 is 1.89 bits per heavy atom. The Hall–Kier alpha value is -2.08. The molecule has 1 aromatic rings. The number of hydrogen-bond donors (Lipinski definition) is 1. The molecule has 1 N–H and O–H groups in total. The van der Waals surface area contributed by atoms with Crippen molar-refractivity contribution in [1.82, 2.24) is 9.80 Å². The summed E-state index contributed by atoms with van der Waals surface area (Å²) in [5.74, 6) is 2.06. The molecule has 0 radical (unpaired) electrons. The Morgan fingerprint density at radius 3 is 2.62 bits per heavy atom. The normalized spacial score (nSPS) is 29.2. The summed E-state index contributed by atoms with van der Waals surface area (Å²) in [5.41, 5.74) is -0.129. The monoisotopic (exact) mass is 510 g/mol. The number of amides is 2. The first-order valence-corrected chi connectivity index (χ1v) is 14.8. The van der Waals surface area contributed by atoms with Gasteiger partial charge in [-0.2, -0.15) is 0 Å². The zero-order valence-electron chi connectivity index (χ0n) is 22.9. The van der Waals surface area contributed by atoms with Crippen LogP contribution >= 0.6 is 0 Å². The van der Waals surface area contributed by atoms with Gasteiger partial charge in [-0.3, -0.25) is 9.59 Å². The average Bonchev–Trinajstić information content (AvgIpc) is 3.53. The maximum atomic E-state index is 13.5. The van der Waals surface area contributed by atoms with Crippen LogP contribution in [0.15, 0.2) is 24.3 Å². The van der Waals surface area contributed by atoms with E-state index in [1.165, 1.54) is 32.1 Å². The number of likely N-dealkylation sites (tertiary alicyclic amines) is 2. The van der Waals surface area contributed by atoms with Crippen molar-refractivity contribution in [2.24, 2.45) is 17.3 Å². The summed E-state index contributed by atoms with van der Waals surface area (Å²) in [6.07, 6.45) is 12.6. The molecule has 1 spiro atoms. The third kappa shape index (κ3) is 5.41. The fraction of sp³-hybridized carbons (Fsp3) is 0.742. The van der Waals surface area contributed by atoms with Crippen LogP contribution in [0.5, 0.6) is 5.75 Å². The predicted octanol–water partition coefficient (Wildman–Crippen LogP) is 5.14. The van der Waals surface area contributed by atoms with Crippen molar-refractivity contribution in [1.29, 1.82) is 0 Å². The van der Waals surface area contributed by atoms with Crippen LogP contribution in [0.1, 0.15) is 95.5 Å². The van der Waals surface area contributed by atoms with Crippen molar-refractivity contribution in [3.63, 3.8) is 0 Å². The van der Waals surface area contributed by atoms with Gasteiger partial charge in [0.25, 0.3) is 0 Å². The summed E-state index contributed by atoms with van der Waals surface area (Å²) < 4.78 is 5.39. The van der Waals surface area contributed by atoms with Gasteiger partial charge in [0.15, 0.2) is 0 Å². The molecule has 6 nitrogen and oxygen atoms in total. The summed E-state index contributed by atoms with van der Waals surface area (Å²) in [7, 11) is 1.66. The lowest BCUT2D eigenvalue weighted by molar-refractivity contribution is -0.167. The van der Waals surface area contributed by atoms with Gasteiger partial charge < -0.3 is 19.6 Å². The van der Waals surface area contributed by atoms with E-state index in [9.17, 15) is 14.7 Å². The van der Waals surface area contributed by atoms with E-state index in [-0.39, 0.29) is 29.1 Å². The highest BCUT2D eigenvalue weighted by Gasteiger charge is 2.57. The zero-order chi connectivity index (χ0) is 26.0. The molecule has 3 atom stereocenters. The first-order chi connectivity index (χ1) is 17.8. The molecule has 4 fully saturated rings. The number of benzene rings is 1. The molecular weight excluding hydrogens is 464 g/mol. The maximum Gasteiger partial charge on any atom is 0.225 e. The summed E-state index contributed by atoms with van der Waals surface area (Å²) in [6.45, 7) is 4.35. The first kappa shape index (κ1) is 26.5. The van der Waals surface area contributed by atoms with E-state index < -0.39 is 5.60 Å². The van der Waals surface area contributed by atoms with E-state index in [2.05, 4.69) is 17.9 Å². The molecule has 2 heterocycles. The predicted molar refractivity (Wildman–Crippen MR) is 144 cm³/mol. The second-order valence-electron chi connectivity index (χ2n) is 12.6. The number of β-amino-alcohol motifs (C(OH)–C–C–N with tert-alkyl or cyclic N) is 1. The molecule has 0 aromatic heterocycles. The van der Waals surface area contributed by atoms with Gasteiger partial charge in [-0.05, 0) is 49.3 Å². The molecular formula is C31H46N2O4. The average molecular weight is 511 g/mol. The van der Waals surface area contributed by atoms with Crippen molar-refractivity contribution >= 4 is 11.8 Å². The van der Waals surface area contributed by atoms with Crippen LogP contribution in [-0.2, 0) is 9.59 Å². The van der Waals surface area contributed by atoms with Crippen LogP contribution < -0.4 is 4.74 Å². The van der Waals surface area contributed by atoms with Crippen LogP contribution in [0, 0.1) is 17.3 Å². The Kier molecular flexibility index (Phi) is 7.86. The van der Waals surface area contributed by atoms with E-state index in [1.807, 2.05) is 23.1 Å². The third-order valence-electron chi connectivity index (χ3n) is 10.2. The molecule has 204 valence electrons. The number of ether oxygens (including phenoxy) is 1. The lowest BCUT2D eigenvalue weighted by Crippen LogP contribution is -2.64. The molecule has 2 saturated carbocycles. The highest BCUT2D eigenvalue weighted by atomic mass is 16.5. The van der Waals surface area contributed by atoms with Crippen molar-refractivity contribution < 1.29 is 19.4 Å². The number of methoxy groups -OCH3 is 1. The van der Waals surface area contributed by atoms with Gasteiger partial charge in [0, 0.05) is 43.3 Å². The van der Waals surface area contributed by atoms with E-state index in [1.54, 1.807) is 7.11 Å². The van der Waals surface area contributed by atoms with Crippen molar-refractivity contribution in [3.8, 4) is 5.75 Å². The minimum Gasteiger partial charge on any atom is -0.497 e. The van der Waals surface area contributed by atoms with E-state index in [4.69, 9.17) is 4.74 Å². The number of carbonyl (C=O) groups is 2. The topological polar surface area (TPSA) is 70.1 Å². The number of nitrogens with zero attached hydrogens (tertiary/aromatic N) is 2. The minimum atomic E-state index is -0.939. The van der Waals surface area contributed by atoms with Gasteiger partial charge in [0.1, 0.15) is 5.75 Å². The molecule has 2 amide bonds. The largest absolute Gasteiger partial charge is 0.497 e. The summed E-state index contributed by atoms with van der Waals surface area (Å²) in [6, 6.07) is 7.99. The molecule has 4 aliphatic rings. The number of rotatable bonds is 7.